The average Bonchev–Trinajstić information content (AvgIpc) is 3.16. The van der Waals surface area contributed by atoms with Gasteiger partial charge in [0, 0.05) is 24.9 Å². The summed E-state index contributed by atoms with van der Waals surface area (Å²) >= 11 is 1.43. The second kappa shape index (κ2) is 6.36. The number of thiazole rings is 1. The number of benzene rings is 1. The Balaban J connectivity index is 1.40. The molecule has 2 aliphatic heterocycles. The molecule has 6 heteroatoms. The molecule has 2 aromatic rings. The standard InChI is InChI=1S/C18H18N2O3S/c21-15-9-17(23-16-4-2-1-3-13(15)16)12-5-7-20(8-6-12)18(22)14-10-24-11-19-14/h1-4,10-12,17H,5-9H2. The summed E-state index contributed by atoms with van der Waals surface area (Å²) in [6.07, 6.45) is 2.07. The zero-order valence-corrected chi connectivity index (χ0v) is 14.0. The van der Waals surface area contributed by atoms with Crippen molar-refractivity contribution in [1.82, 2.24) is 9.88 Å². The van der Waals surface area contributed by atoms with Crippen molar-refractivity contribution in [2.75, 3.05) is 13.1 Å². The van der Waals surface area contributed by atoms with E-state index in [0.29, 0.717) is 42.4 Å². The largest absolute Gasteiger partial charge is 0.489 e. The first kappa shape index (κ1) is 15.3. The predicted octanol–water partition coefficient (Wildman–Crippen LogP) is 3.03. The first-order valence-electron chi connectivity index (χ1n) is 8.19. The second-order valence-electron chi connectivity index (χ2n) is 6.28. The molecule has 0 bridgehead atoms. The summed E-state index contributed by atoms with van der Waals surface area (Å²) in [5, 5.41) is 1.79. The molecular formula is C18H18N2O3S. The molecular weight excluding hydrogens is 324 g/mol. The monoisotopic (exact) mass is 342 g/mol. The normalized spacial score (nSPS) is 21.2. The number of fused-ring (bicyclic) bond motifs is 1. The van der Waals surface area contributed by atoms with E-state index in [1.165, 1.54) is 11.3 Å². The topological polar surface area (TPSA) is 59.5 Å². The van der Waals surface area contributed by atoms with Gasteiger partial charge in [0.25, 0.3) is 5.91 Å². The van der Waals surface area contributed by atoms with Crippen molar-refractivity contribution in [3.8, 4) is 5.75 Å². The number of aromatic nitrogens is 1. The highest BCUT2D eigenvalue weighted by Gasteiger charge is 2.35. The minimum absolute atomic E-state index is 0.000634. The Morgan fingerprint density at radius 2 is 2.04 bits per heavy atom. The lowest BCUT2D eigenvalue weighted by Crippen LogP contribution is -2.44. The van der Waals surface area contributed by atoms with E-state index in [4.69, 9.17) is 4.74 Å². The summed E-state index contributed by atoms with van der Waals surface area (Å²) in [5.74, 6) is 1.16. The van der Waals surface area contributed by atoms with E-state index >= 15 is 0 Å². The first-order chi connectivity index (χ1) is 11.7. The zero-order chi connectivity index (χ0) is 16.5. The van der Waals surface area contributed by atoms with Crippen molar-refractivity contribution in [1.29, 1.82) is 0 Å². The molecule has 1 fully saturated rings. The van der Waals surface area contributed by atoms with Gasteiger partial charge in [-0.2, -0.15) is 0 Å². The summed E-state index contributed by atoms with van der Waals surface area (Å²) in [6, 6.07) is 7.44. The molecule has 0 radical (unpaired) electrons. The predicted molar refractivity (Wildman–Crippen MR) is 90.5 cm³/mol. The van der Waals surface area contributed by atoms with Crippen molar-refractivity contribution < 1.29 is 14.3 Å². The Hall–Kier alpha value is -2.21. The summed E-state index contributed by atoms with van der Waals surface area (Å²) in [7, 11) is 0. The molecule has 0 aliphatic carbocycles. The number of hydrogen-bond acceptors (Lipinski definition) is 5. The van der Waals surface area contributed by atoms with Crippen LogP contribution in [0, 0.1) is 5.92 Å². The van der Waals surface area contributed by atoms with Gasteiger partial charge in [-0.3, -0.25) is 9.59 Å². The number of carbonyl (C=O) groups is 2. The number of amides is 1. The number of para-hydroxylation sites is 1. The van der Waals surface area contributed by atoms with Gasteiger partial charge in [0.2, 0.25) is 0 Å². The maximum Gasteiger partial charge on any atom is 0.273 e. The van der Waals surface area contributed by atoms with Crippen molar-refractivity contribution >= 4 is 23.0 Å². The van der Waals surface area contributed by atoms with E-state index in [9.17, 15) is 9.59 Å². The molecule has 3 heterocycles. The third-order valence-corrected chi connectivity index (χ3v) is 5.44. The maximum absolute atomic E-state index is 12.3. The molecule has 0 N–H and O–H groups in total. The first-order valence-corrected chi connectivity index (χ1v) is 9.13. The molecule has 1 aromatic carbocycles. The molecule has 0 saturated carbocycles. The lowest BCUT2D eigenvalue weighted by Gasteiger charge is -2.37. The van der Waals surface area contributed by atoms with Crippen molar-refractivity contribution in [2.45, 2.75) is 25.4 Å². The molecule has 1 aromatic heterocycles. The summed E-state index contributed by atoms with van der Waals surface area (Å²) in [4.78, 5) is 30.6. The Morgan fingerprint density at radius 1 is 1.25 bits per heavy atom. The number of nitrogens with zero attached hydrogens (tertiary/aromatic N) is 2. The van der Waals surface area contributed by atoms with Gasteiger partial charge in [-0.05, 0) is 30.9 Å². The minimum atomic E-state index is -0.0797. The zero-order valence-electron chi connectivity index (χ0n) is 13.2. The Kier molecular flexibility index (Phi) is 4.06. The number of hydrogen-bond donors (Lipinski definition) is 0. The number of likely N-dealkylation sites (tertiary alicyclic amines) is 1. The molecule has 0 spiro atoms. The number of piperidine rings is 1. The van der Waals surface area contributed by atoms with E-state index in [-0.39, 0.29) is 17.8 Å². The molecule has 2 aliphatic rings. The molecule has 24 heavy (non-hydrogen) atoms. The molecule has 1 atom stereocenters. The smallest absolute Gasteiger partial charge is 0.273 e. The van der Waals surface area contributed by atoms with Gasteiger partial charge < -0.3 is 9.64 Å². The number of Topliss-reactive ketones (excluding diaryl/α,β-unsaturated/α-hetero) is 1. The Bertz CT molecular complexity index is 751. The van der Waals surface area contributed by atoms with Gasteiger partial charge in [-0.1, -0.05) is 12.1 Å². The highest BCUT2D eigenvalue weighted by atomic mass is 32.1. The SMILES string of the molecule is O=C1CC(C2CCN(C(=O)c3cscn3)CC2)Oc2ccccc21. The Morgan fingerprint density at radius 3 is 2.79 bits per heavy atom. The fraction of sp³-hybridized carbons (Fsp3) is 0.389. The van der Waals surface area contributed by atoms with E-state index in [0.717, 1.165) is 12.8 Å². The average molecular weight is 342 g/mol. The van der Waals surface area contributed by atoms with Crippen molar-refractivity contribution in [3.63, 3.8) is 0 Å². The fourth-order valence-electron chi connectivity index (χ4n) is 3.51. The van der Waals surface area contributed by atoms with Crippen LogP contribution >= 0.6 is 11.3 Å². The summed E-state index contributed by atoms with van der Waals surface area (Å²) in [6.45, 7) is 1.38. The van der Waals surface area contributed by atoms with Gasteiger partial charge >= 0.3 is 0 Å². The highest BCUT2D eigenvalue weighted by Crippen LogP contribution is 2.33. The summed E-state index contributed by atoms with van der Waals surface area (Å²) < 4.78 is 6.07. The Labute approximate surface area is 144 Å². The van der Waals surface area contributed by atoms with Crippen molar-refractivity contribution in [3.05, 3.63) is 46.4 Å². The van der Waals surface area contributed by atoms with Gasteiger partial charge in [0.1, 0.15) is 17.5 Å². The van der Waals surface area contributed by atoms with E-state index in [1.54, 1.807) is 10.9 Å². The van der Waals surface area contributed by atoms with Crippen LogP contribution in [-0.4, -0.2) is 40.8 Å². The maximum atomic E-state index is 12.3. The van der Waals surface area contributed by atoms with Crippen molar-refractivity contribution in [2.24, 2.45) is 5.92 Å². The molecule has 124 valence electrons. The van der Waals surface area contributed by atoms with E-state index < -0.39 is 0 Å². The lowest BCUT2D eigenvalue weighted by molar-refractivity contribution is 0.0450. The number of rotatable bonds is 2. The molecule has 4 rings (SSSR count). The van der Waals surface area contributed by atoms with Crippen LogP contribution in [0.2, 0.25) is 0 Å². The third-order valence-electron chi connectivity index (χ3n) is 4.86. The summed E-state index contributed by atoms with van der Waals surface area (Å²) in [5.41, 5.74) is 2.89. The van der Waals surface area contributed by atoms with Gasteiger partial charge in [-0.15, -0.1) is 11.3 Å². The van der Waals surface area contributed by atoms with Crippen LogP contribution in [0.15, 0.2) is 35.2 Å². The number of carbonyl (C=O) groups excluding carboxylic acids is 2. The van der Waals surface area contributed by atoms with Gasteiger partial charge in [0.05, 0.1) is 11.1 Å². The van der Waals surface area contributed by atoms with Crippen LogP contribution < -0.4 is 4.74 Å². The fourth-order valence-corrected chi connectivity index (χ4v) is 4.04. The second-order valence-corrected chi connectivity index (χ2v) is 7.00. The van der Waals surface area contributed by atoms with Crippen LogP contribution in [0.4, 0.5) is 0 Å². The number of ketones is 1. The third kappa shape index (κ3) is 2.82. The van der Waals surface area contributed by atoms with Crippen LogP contribution in [-0.2, 0) is 0 Å². The lowest BCUT2D eigenvalue weighted by atomic mass is 9.86. The molecule has 1 saturated heterocycles. The van der Waals surface area contributed by atoms with E-state index in [1.807, 2.05) is 29.2 Å². The van der Waals surface area contributed by atoms with Gasteiger partial charge in [-0.25, -0.2) is 4.98 Å². The van der Waals surface area contributed by atoms with Crippen LogP contribution in [0.1, 0.15) is 40.1 Å². The number of ether oxygens (including phenoxy) is 1. The van der Waals surface area contributed by atoms with E-state index in [2.05, 4.69) is 4.98 Å². The minimum Gasteiger partial charge on any atom is -0.489 e. The molecule has 5 nitrogen and oxygen atoms in total. The highest BCUT2D eigenvalue weighted by molar-refractivity contribution is 7.07. The molecule has 1 amide bonds. The van der Waals surface area contributed by atoms with Crippen LogP contribution in [0.25, 0.3) is 0 Å². The van der Waals surface area contributed by atoms with Crippen LogP contribution in [0.5, 0.6) is 5.75 Å². The van der Waals surface area contributed by atoms with Gasteiger partial charge in [0.15, 0.2) is 5.78 Å². The molecule has 1 unspecified atom stereocenters. The quantitative estimate of drug-likeness (QED) is 0.842. The van der Waals surface area contributed by atoms with Crippen LogP contribution in [0.3, 0.4) is 0 Å².